The van der Waals surface area contributed by atoms with Gasteiger partial charge >= 0.3 is 0 Å². The molecular weight excluding hydrogens is 2110 g/mol. The van der Waals surface area contributed by atoms with Gasteiger partial charge in [0.2, 0.25) is 56.6 Å². The number of carbonyl (C=O) groups excluding carboxylic acids is 1. The predicted octanol–water partition coefficient (Wildman–Crippen LogP) is 18.1. The number of rotatable bonds is 7. The molecule has 0 saturated heterocycles. The Morgan fingerprint density at radius 3 is 0.855 bits per heavy atom. The van der Waals surface area contributed by atoms with Crippen LogP contribution in [0.3, 0.4) is 0 Å². The van der Waals surface area contributed by atoms with Gasteiger partial charge in [0.05, 0.1) is 31.6 Å². The zero-order chi connectivity index (χ0) is 59.7. The molecule has 0 saturated carbocycles. The Morgan fingerprint density at radius 2 is 0.632 bits per heavy atom. The minimum atomic E-state index is -3.58. The van der Waals surface area contributed by atoms with Gasteiger partial charge in [0, 0.05) is 10.6 Å². The van der Waals surface area contributed by atoms with Crippen molar-refractivity contribution >= 4 is 306 Å². The molecule has 0 fully saturated rings. The van der Waals surface area contributed by atoms with Crippen molar-refractivity contribution in [2.24, 2.45) is 0 Å². The lowest BCUT2D eigenvalue weighted by Gasteiger charge is -2.20. The SMILES string of the molecule is CC(=O)c1ccc(S(=O)(=O)C(Br)(Br)Br)cc1.CC(C)(C)c1ccc(S(=O)(=O)C(Br)(Br)Br)cc1.COc1ccc(S(=O)(=O)C(Br)(Br)Br)cc1.O=S(=O)(c1ccc(Cl)cc1)C(Br)(Br)Br.O=S(=O)(c1ccc(O)cc1)C(Br)(Br)Br. The van der Waals surface area contributed by atoms with Crippen molar-refractivity contribution in [1.29, 1.82) is 0 Å². The lowest BCUT2D eigenvalue weighted by atomic mass is 9.87. The summed E-state index contributed by atoms with van der Waals surface area (Å²) in [5.41, 5.74) is 1.58. The zero-order valence-electron chi connectivity index (χ0n) is 38.5. The Bertz CT molecular complexity index is 3240. The minimum Gasteiger partial charge on any atom is -0.508 e. The van der Waals surface area contributed by atoms with Crippen LogP contribution in [0.1, 0.15) is 43.6 Å². The molecule has 5 aromatic carbocycles. The summed E-state index contributed by atoms with van der Waals surface area (Å²) in [4.78, 5) is 11.9. The van der Waals surface area contributed by atoms with E-state index in [0.29, 0.717) is 16.3 Å². The number of hydrogen-bond donors (Lipinski definition) is 1. The van der Waals surface area contributed by atoms with Gasteiger partial charge in [-0.3, -0.25) is 4.79 Å². The van der Waals surface area contributed by atoms with Crippen molar-refractivity contribution in [3.8, 4) is 11.5 Å². The Kier molecular flexibility index (Phi) is 30.5. The van der Waals surface area contributed by atoms with Gasteiger partial charge in [-0.25, -0.2) is 42.1 Å². The molecule has 424 valence electrons. The van der Waals surface area contributed by atoms with E-state index in [1.807, 2.05) is 12.1 Å². The lowest BCUT2D eigenvalue weighted by molar-refractivity contribution is 0.101. The van der Waals surface area contributed by atoms with E-state index >= 15 is 0 Å². The predicted molar refractivity (Wildman–Crippen MR) is 358 cm³/mol. The number of alkyl halides is 15. The fraction of sp³-hybridized carbons (Fsp3) is 0.262. The number of benzene rings is 5. The maximum atomic E-state index is 12.1. The second kappa shape index (κ2) is 30.3. The van der Waals surface area contributed by atoms with Crippen LogP contribution in [-0.2, 0) is 54.6 Å². The van der Waals surface area contributed by atoms with Crippen molar-refractivity contribution in [2.75, 3.05) is 7.11 Å². The van der Waals surface area contributed by atoms with Crippen molar-refractivity contribution in [3.63, 3.8) is 0 Å². The third-order valence-corrected chi connectivity index (χ3v) is 35.7. The van der Waals surface area contributed by atoms with Crippen LogP contribution < -0.4 is 4.74 Å². The Labute approximate surface area is 574 Å². The van der Waals surface area contributed by atoms with Gasteiger partial charge < -0.3 is 9.84 Å². The first kappa shape index (κ1) is 76.6. The van der Waals surface area contributed by atoms with Gasteiger partial charge in [-0.05, 0) is 354 Å². The minimum absolute atomic E-state index is 0.0105. The molecule has 0 aliphatic carbocycles. The fourth-order valence-electron chi connectivity index (χ4n) is 4.66. The molecule has 1 N–H and O–H groups in total. The van der Waals surface area contributed by atoms with Crippen LogP contribution in [0, 0.1) is 0 Å². The summed E-state index contributed by atoms with van der Waals surface area (Å²) in [5, 5.41) is 9.49. The Balaban J connectivity index is 0.000000476. The number of Topliss-reactive ketones (excluding diaryl/α,β-unsaturated/α-hetero) is 1. The second-order valence-electron chi connectivity index (χ2n) is 15.2. The van der Waals surface area contributed by atoms with Crippen molar-refractivity contribution < 1.29 is 56.7 Å². The van der Waals surface area contributed by atoms with Gasteiger partial charge in [0.25, 0.3) is 0 Å². The molecule has 0 aliphatic rings. The molecule has 0 spiro atoms. The quantitative estimate of drug-likeness (QED) is 0.119. The number of phenolic OH excluding ortho intramolecular Hbond substituents is 1. The van der Waals surface area contributed by atoms with E-state index in [-0.39, 0.29) is 41.4 Å². The van der Waals surface area contributed by atoms with Crippen LogP contribution in [0.15, 0.2) is 146 Å². The standard InChI is InChI=1S/C11H13Br3O2S.C9H7Br3O3S.C8H7Br3O3S.C7H4Br3ClO2S.C7H5Br3O3S/c1-10(2,3)8-4-6-9(7-5-8)17(15,16)11(12,13)14;1-6(13)7-2-4-8(5-3-7)16(14,15)9(10,11)12;1-14-6-2-4-7(5-3-6)15(12,13)8(9,10)11;2*8-7(9,10)14(12,13)6-3-1-5(11)2-4-6/h4-7H,1-3H3;2-5H,1H3;2-5H,1H3;1-4H;1-4,11H. The molecule has 76 heavy (non-hydrogen) atoms. The third-order valence-electron chi connectivity index (χ3n) is 8.77. The molecule has 0 heterocycles. The largest absolute Gasteiger partial charge is 0.508 e. The van der Waals surface area contributed by atoms with E-state index in [9.17, 15) is 46.9 Å². The number of aromatic hydroxyl groups is 1. The smallest absolute Gasteiger partial charge is 0.239 e. The molecule has 0 amide bonds. The van der Waals surface area contributed by atoms with Crippen LogP contribution in [-0.4, -0.2) is 67.5 Å². The topological polar surface area (TPSA) is 217 Å². The maximum Gasteiger partial charge on any atom is 0.239 e. The summed E-state index contributed by atoms with van der Waals surface area (Å²) in [5.74, 6) is 0.526. The van der Waals surface area contributed by atoms with Crippen LogP contribution in [0.4, 0.5) is 0 Å². The molecule has 5 rings (SSSR count). The first-order chi connectivity index (χ1) is 33.9. The fourth-order valence-corrected chi connectivity index (χ4v) is 17.0. The van der Waals surface area contributed by atoms with Crippen molar-refractivity contribution in [1.82, 2.24) is 0 Å². The average Bonchev–Trinajstić information content (AvgIpc) is 3.28. The summed E-state index contributed by atoms with van der Waals surface area (Å²) < 4.78 is 117. The Morgan fingerprint density at radius 1 is 0.408 bits per heavy atom. The van der Waals surface area contributed by atoms with Crippen molar-refractivity contribution in [3.05, 3.63) is 137 Å². The number of ether oxygens (including phenoxy) is 1. The number of sulfone groups is 5. The highest BCUT2D eigenvalue weighted by atomic mass is 80.0. The van der Waals surface area contributed by atoms with E-state index in [1.54, 1.807) is 24.3 Å². The van der Waals surface area contributed by atoms with Crippen LogP contribution >= 0.6 is 251 Å². The van der Waals surface area contributed by atoms with Gasteiger partial charge in [0.15, 0.2) is 5.78 Å². The normalized spacial score (nSPS) is 12.9. The Hall–Kier alpha value is 2.61. The molecule has 13 nitrogen and oxygen atoms in total. The summed E-state index contributed by atoms with van der Waals surface area (Å²) in [6, 6.07) is 30.0. The van der Waals surface area contributed by atoms with Crippen LogP contribution in [0.25, 0.3) is 0 Å². The molecule has 0 aliphatic heterocycles. The summed E-state index contributed by atoms with van der Waals surface area (Å²) in [7, 11) is -16.1. The third kappa shape index (κ3) is 22.5. The molecule has 34 heteroatoms. The highest BCUT2D eigenvalue weighted by Crippen LogP contribution is 2.47. The molecule has 5 aromatic rings. The first-order valence-corrected chi connectivity index (χ1v) is 39.1. The number of phenols is 1. The molecule has 0 aromatic heterocycles. The number of hydrogen-bond acceptors (Lipinski definition) is 13. The van der Waals surface area contributed by atoms with Gasteiger partial charge in [0.1, 0.15) is 11.5 Å². The first-order valence-electron chi connectivity index (χ1n) is 19.4. The number of carbonyl (C=O) groups is 1. The summed E-state index contributed by atoms with van der Waals surface area (Å²) in [6.45, 7) is 7.67. The second-order valence-corrected chi connectivity index (χ2v) is 67.8. The molecule has 0 atom stereocenters. The lowest BCUT2D eigenvalue weighted by Crippen LogP contribution is -2.18. The average molecular weight is 2140 g/mol. The van der Waals surface area contributed by atoms with E-state index < -0.39 is 56.6 Å². The number of ketones is 1. The van der Waals surface area contributed by atoms with Crippen molar-refractivity contribution in [2.45, 2.75) is 65.0 Å². The summed E-state index contributed by atoms with van der Waals surface area (Å²) in [6.07, 6.45) is 0. The van der Waals surface area contributed by atoms with Crippen LogP contribution in [0.2, 0.25) is 5.02 Å². The highest BCUT2D eigenvalue weighted by molar-refractivity contribution is 9.44. The highest BCUT2D eigenvalue weighted by Gasteiger charge is 2.40. The van der Waals surface area contributed by atoms with Gasteiger partial charge in [-0.1, -0.05) is 56.6 Å². The number of halogens is 16. The van der Waals surface area contributed by atoms with E-state index in [0.717, 1.165) is 5.56 Å². The van der Waals surface area contributed by atoms with Crippen LogP contribution in [0.5, 0.6) is 11.5 Å². The molecular formula is C42H36Br15ClO13S5. The van der Waals surface area contributed by atoms with Gasteiger partial charge in [-0.2, -0.15) is 0 Å². The van der Waals surface area contributed by atoms with E-state index in [1.165, 1.54) is 99.0 Å². The van der Waals surface area contributed by atoms with E-state index in [4.69, 9.17) is 21.4 Å². The molecule has 0 unspecified atom stereocenters. The monoisotopic (exact) mass is 2130 g/mol. The molecule has 0 bridgehead atoms. The van der Waals surface area contributed by atoms with Gasteiger partial charge in [-0.15, -0.1) is 0 Å². The number of methoxy groups -OCH3 is 1. The van der Waals surface area contributed by atoms with E-state index in [2.05, 4.69) is 260 Å². The summed E-state index contributed by atoms with van der Waals surface area (Å²) >= 11 is 50.3. The zero-order valence-corrected chi connectivity index (χ0v) is 67.1. The maximum absolute atomic E-state index is 12.1. The molecule has 0 radical (unpaired) electrons.